The molecule has 0 saturated heterocycles. The molecule has 1 rings (SSSR count). The maximum absolute atomic E-state index is 12.6. The van der Waals surface area contributed by atoms with Crippen LogP contribution in [0.3, 0.4) is 0 Å². The first-order valence-electron chi connectivity index (χ1n) is 4.25. The number of halogens is 5. The second kappa shape index (κ2) is 4.64. The Morgan fingerprint density at radius 1 is 1.41 bits per heavy atom. The van der Waals surface area contributed by atoms with Crippen molar-refractivity contribution in [3.63, 3.8) is 0 Å². The third-order valence-corrected chi connectivity index (χ3v) is 1.87. The monoisotopic (exact) mass is 255 g/mol. The lowest BCUT2D eigenvalue weighted by atomic mass is 10.1. The highest BCUT2D eigenvalue weighted by Gasteiger charge is 2.34. The second-order valence-corrected chi connectivity index (χ2v) is 3.04. The van der Waals surface area contributed by atoms with Crippen molar-refractivity contribution in [2.45, 2.75) is 19.7 Å². The van der Waals surface area contributed by atoms with Crippen molar-refractivity contribution in [3.05, 3.63) is 22.9 Å². The van der Waals surface area contributed by atoms with E-state index in [2.05, 4.69) is 9.72 Å². The first-order valence-corrected chi connectivity index (χ1v) is 4.25. The molecule has 0 amide bonds. The molecule has 17 heavy (non-hydrogen) atoms. The zero-order chi connectivity index (χ0) is 13.2. The van der Waals surface area contributed by atoms with Crippen molar-refractivity contribution >= 4 is 6.29 Å². The molecule has 0 aliphatic rings. The Labute approximate surface area is 92.2 Å². The van der Waals surface area contributed by atoms with Gasteiger partial charge < -0.3 is 4.74 Å². The summed E-state index contributed by atoms with van der Waals surface area (Å²) in [5.41, 5.74) is -1.79. The number of nitrogens with zero attached hydrogens (tertiary/aromatic N) is 1. The van der Waals surface area contributed by atoms with E-state index in [1.807, 2.05) is 0 Å². The maximum Gasteiger partial charge on any atom is 0.574 e. The Hall–Kier alpha value is -1.73. The second-order valence-electron chi connectivity index (χ2n) is 3.04. The molecule has 0 atom stereocenters. The maximum atomic E-state index is 12.6. The minimum absolute atomic E-state index is 0.0865. The normalized spacial score (nSPS) is 11.7. The average Bonchev–Trinajstić information content (AvgIpc) is 2.17. The molecule has 0 saturated carbocycles. The number of alkyl halides is 5. The van der Waals surface area contributed by atoms with Gasteiger partial charge >= 0.3 is 6.36 Å². The quantitative estimate of drug-likeness (QED) is 0.615. The zero-order valence-corrected chi connectivity index (χ0v) is 8.39. The minimum Gasteiger partial charge on any atom is -0.387 e. The molecule has 0 unspecified atom stereocenters. The summed E-state index contributed by atoms with van der Waals surface area (Å²) in [6, 6.07) is 0. The summed E-state index contributed by atoms with van der Waals surface area (Å²) in [7, 11) is 0. The lowest BCUT2D eigenvalue weighted by Crippen LogP contribution is -2.20. The average molecular weight is 255 g/mol. The van der Waals surface area contributed by atoms with Crippen molar-refractivity contribution in [3.8, 4) is 5.88 Å². The number of hydrogen-bond acceptors (Lipinski definition) is 3. The number of aryl methyl sites for hydroxylation is 1. The Kier molecular flexibility index (Phi) is 3.64. The highest BCUT2D eigenvalue weighted by molar-refractivity contribution is 5.81. The fourth-order valence-electron chi connectivity index (χ4n) is 1.22. The predicted octanol–water partition coefficient (Wildman–Crippen LogP) is 3.04. The van der Waals surface area contributed by atoms with Crippen molar-refractivity contribution in [1.82, 2.24) is 4.98 Å². The highest BCUT2D eigenvalue weighted by atomic mass is 19.4. The van der Waals surface area contributed by atoms with Crippen LogP contribution in [0.5, 0.6) is 5.88 Å². The lowest BCUT2D eigenvalue weighted by Gasteiger charge is -2.13. The van der Waals surface area contributed by atoms with E-state index < -0.39 is 29.8 Å². The van der Waals surface area contributed by atoms with Gasteiger partial charge in [0.15, 0.2) is 6.29 Å². The third-order valence-electron chi connectivity index (χ3n) is 1.87. The molecule has 0 radical (unpaired) electrons. The fourth-order valence-corrected chi connectivity index (χ4v) is 1.22. The topological polar surface area (TPSA) is 39.2 Å². The van der Waals surface area contributed by atoms with Crippen LogP contribution >= 0.6 is 0 Å². The minimum atomic E-state index is -5.10. The number of ether oxygens (including phenoxy) is 1. The summed E-state index contributed by atoms with van der Waals surface area (Å²) in [5, 5.41) is 0. The molecule has 8 heteroatoms. The van der Waals surface area contributed by atoms with Crippen molar-refractivity contribution in [2.24, 2.45) is 0 Å². The van der Waals surface area contributed by atoms with E-state index in [0.29, 0.717) is 0 Å². The van der Waals surface area contributed by atoms with Crippen LogP contribution in [-0.2, 0) is 0 Å². The van der Waals surface area contributed by atoms with Crippen LogP contribution in [0.1, 0.15) is 27.9 Å². The van der Waals surface area contributed by atoms with E-state index in [1.54, 1.807) is 0 Å². The van der Waals surface area contributed by atoms with Crippen LogP contribution < -0.4 is 4.74 Å². The van der Waals surface area contributed by atoms with E-state index in [4.69, 9.17) is 0 Å². The molecule has 0 N–H and O–H groups in total. The van der Waals surface area contributed by atoms with Crippen LogP contribution in [0.25, 0.3) is 0 Å². The number of carbonyl (C=O) groups excluding carboxylic acids is 1. The van der Waals surface area contributed by atoms with Gasteiger partial charge in [0.1, 0.15) is 0 Å². The van der Waals surface area contributed by atoms with Gasteiger partial charge in [0, 0.05) is 11.8 Å². The van der Waals surface area contributed by atoms with Gasteiger partial charge in [0.05, 0.1) is 5.56 Å². The van der Waals surface area contributed by atoms with Crippen molar-refractivity contribution < 1.29 is 31.5 Å². The van der Waals surface area contributed by atoms with Gasteiger partial charge in [-0.05, 0) is 12.5 Å². The number of hydrogen-bond donors (Lipinski definition) is 0. The smallest absolute Gasteiger partial charge is 0.387 e. The van der Waals surface area contributed by atoms with Crippen LogP contribution in [0.4, 0.5) is 22.0 Å². The van der Waals surface area contributed by atoms with E-state index in [0.717, 1.165) is 6.20 Å². The van der Waals surface area contributed by atoms with E-state index in [1.165, 1.54) is 6.92 Å². The number of aromatic nitrogens is 1. The molecule has 1 aromatic heterocycles. The first kappa shape index (κ1) is 13.3. The predicted molar refractivity (Wildman–Crippen MR) is 46.0 cm³/mol. The Morgan fingerprint density at radius 3 is 2.41 bits per heavy atom. The van der Waals surface area contributed by atoms with Gasteiger partial charge in [-0.1, -0.05) is 0 Å². The van der Waals surface area contributed by atoms with Gasteiger partial charge in [0.2, 0.25) is 5.88 Å². The van der Waals surface area contributed by atoms with Gasteiger partial charge in [-0.3, -0.25) is 4.79 Å². The molecular weight excluding hydrogens is 249 g/mol. The Balaban J connectivity index is 3.33. The third kappa shape index (κ3) is 3.11. The standard InChI is InChI=1S/C9H6F5NO2/c1-4-2-15-8(17-9(12,13)14)5(3-16)6(4)7(10)11/h2-3,7H,1H3. The van der Waals surface area contributed by atoms with Crippen LogP contribution in [0.15, 0.2) is 6.20 Å². The molecule has 0 aromatic carbocycles. The van der Waals surface area contributed by atoms with E-state index >= 15 is 0 Å². The molecule has 0 aliphatic heterocycles. The summed E-state index contributed by atoms with van der Waals surface area (Å²) in [6.45, 7) is 1.21. The molecular formula is C9H6F5NO2. The Bertz CT molecular complexity index is 430. The molecule has 0 aliphatic carbocycles. The van der Waals surface area contributed by atoms with E-state index in [9.17, 15) is 26.7 Å². The number of rotatable bonds is 3. The van der Waals surface area contributed by atoms with Crippen LogP contribution in [0.2, 0.25) is 0 Å². The SMILES string of the molecule is Cc1cnc(OC(F)(F)F)c(C=O)c1C(F)F. The molecule has 0 bridgehead atoms. The summed E-state index contributed by atoms with van der Waals surface area (Å²) >= 11 is 0. The number of carbonyl (C=O) groups is 1. The van der Waals surface area contributed by atoms with Gasteiger partial charge in [-0.2, -0.15) is 0 Å². The van der Waals surface area contributed by atoms with Gasteiger partial charge in [-0.25, -0.2) is 13.8 Å². The molecule has 0 spiro atoms. The van der Waals surface area contributed by atoms with Crippen molar-refractivity contribution in [2.75, 3.05) is 0 Å². The summed E-state index contributed by atoms with van der Waals surface area (Å²) < 4.78 is 64.3. The Morgan fingerprint density at radius 2 is 2.00 bits per heavy atom. The lowest BCUT2D eigenvalue weighted by molar-refractivity contribution is -0.276. The van der Waals surface area contributed by atoms with Crippen LogP contribution in [0, 0.1) is 6.92 Å². The first-order chi connectivity index (χ1) is 7.76. The van der Waals surface area contributed by atoms with Crippen molar-refractivity contribution in [1.29, 1.82) is 0 Å². The molecule has 3 nitrogen and oxygen atoms in total. The molecule has 1 aromatic rings. The largest absolute Gasteiger partial charge is 0.574 e. The summed E-state index contributed by atoms with van der Waals surface area (Å²) in [6.07, 6.45) is -7.54. The summed E-state index contributed by atoms with van der Waals surface area (Å²) in [5.74, 6) is -1.17. The fraction of sp³-hybridized carbons (Fsp3) is 0.333. The van der Waals surface area contributed by atoms with Gasteiger partial charge in [0.25, 0.3) is 6.43 Å². The molecule has 0 fully saturated rings. The molecule has 1 heterocycles. The van der Waals surface area contributed by atoms with Gasteiger partial charge in [-0.15, -0.1) is 13.2 Å². The number of aldehydes is 1. The molecule has 94 valence electrons. The van der Waals surface area contributed by atoms with Crippen LogP contribution in [-0.4, -0.2) is 17.6 Å². The zero-order valence-electron chi connectivity index (χ0n) is 8.39. The van der Waals surface area contributed by atoms with E-state index in [-0.39, 0.29) is 11.8 Å². The number of pyridine rings is 1. The summed E-state index contributed by atoms with van der Waals surface area (Å²) in [4.78, 5) is 13.7. The highest BCUT2D eigenvalue weighted by Crippen LogP contribution is 2.32.